The molecule has 0 saturated heterocycles. The molecular weight excluding hydrogens is 147 g/mol. The molecule has 0 fully saturated rings. The molecule has 0 aromatic carbocycles. The second kappa shape index (κ2) is 6.09. The normalized spacial score (nSPS) is 11.9. The highest BCUT2D eigenvalue weighted by molar-refractivity contribution is 6.15. The van der Waals surface area contributed by atoms with Crippen LogP contribution >= 0.6 is 0 Å². The van der Waals surface area contributed by atoms with Crippen LogP contribution in [0.3, 0.4) is 0 Å². The van der Waals surface area contributed by atoms with Crippen molar-refractivity contribution in [2.24, 2.45) is 0 Å². The molecule has 0 aromatic heterocycles. The highest BCUT2D eigenvalue weighted by atomic mass is 27.0. The lowest BCUT2D eigenvalue weighted by Gasteiger charge is -2.27. The Labute approximate surface area is 80.2 Å². The summed E-state index contributed by atoms with van der Waals surface area (Å²) in [6.45, 7) is 6.85. The van der Waals surface area contributed by atoms with Gasteiger partial charge in [0.2, 0.25) is 0 Å². The van der Waals surface area contributed by atoms with Gasteiger partial charge in [0, 0.05) is 0 Å². The minimum absolute atomic E-state index is 0.551. The van der Waals surface area contributed by atoms with E-state index in [1.165, 1.54) is 38.5 Å². The zero-order chi connectivity index (χ0) is 8.74. The van der Waals surface area contributed by atoms with Gasteiger partial charge in [-0.1, -0.05) is 63.6 Å². The third-order valence-electron chi connectivity index (χ3n) is 2.69. The van der Waals surface area contributed by atoms with Crippen LogP contribution < -0.4 is 0 Å². The Morgan fingerprint density at radius 2 is 1.55 bits per heavy atom. The van der Waals surface area contributed by atoms with E-state index in [1.807, 2.05) is 0 Å². The molecule has 0 bridgehead atoms. The minimum atomic E-state index is 0.551. The van der Waals surface area contributed by atoms with Crippen molar-refractivity contribution in [2.75, 3.05) is 0 Å². The lowest BCUT2D eigenvalue weighted by atomic mass is 9.94. The second-order valence-electron chi connectivity index (χ2n) is 3.53. The lowest BCUT2D eigenvalue weighted by molar-refractivity contribution is 0.456. The van der Waals surface area contributed by atoms with Gasteiger partial charge in [-0.3, -0.25) is 0 Å². The fourth-order valence-corrected chi connectivity index (χ4v) is 1.53. The molecule has 0 aliphatic heterocycles. The molecule has 0 amide bonds. The highest BCUT2D eigenvalue weighted by Crippen LogP contribution is 2.36. The standard InChI is InChI=1S/C10H21.Al/c1-4-7-8-9-10(5-2)6-3;/h4-9H2,1-3H3;. The van der Waals surface area contributed by atoms with Gasteiger partial charge in [-0.05, 0) is 0 Å². The van der Waals surface area contributed by atoms with Crippen molar-refractivity contribution >= 4 is 16.3 Å². The average Bonchev–Trinajstić information content (AvgIpc) is 2.05. The minimum Gasteiger partial charge on any atom is -0.0972 e. The van der Waals surface area contributed by atoms with Gasteiger partial charge in [0.15, 0.2) is 0 Å². The molecule has 0 N–H and O–H groups in total. The zero-order valence-electron chi connectivity index (χ0n) is 8.32. The molecule has 0 atom stereocenters. The van der Waals surface area contributed by atoms with Crippen molar-refractivity contribution in [2.45, 2.75) is 63.6 Å². The predicted molar refractivity (Wildman–Crippen MR) is 53.2 cm³/mol. The largest absolute Gasteiger partial charge is 0.129 e. The van der Waals surface area contributed by atoms with Gasteiger partial charge in [0.25, 0.3) is 0 Å². The molecule has 0 rings (SSSR count). The van der Waals surface area contributed by atoms with Crippen LogP contribution in [-0.4, -0.2) is 16.3 Å². The van der Waals surface area contributed by atoms with Crippen molar-refractivity contribution in [3.63, 3.8) is 0 Å². The maximum atomic E-state index is 3.04. The van der Waals surface area contributed by atoms with E-state index in [0.29, 0.717) is 4.28 Å². The average molecular weight is 168 g/mol. The summed E-state index contributed by atoms with van der Waals surface area (Å²) in [5.41, 5.74) is 0. The summed E-state index contributed by atoms with van der Waals surface area (Å²) in [5.74, 6) is 0. The molecule has 2 radical (unpaired) electrons. The Morgan fingerprint density at radius 1 is 1.00 bits per heavy atom. The van der Waals surface area contributed by atoms with Crippen LogP contribution in [0.2, 0.25) is 4.28 Å². The van der Waals surface area contributed by atoms with E-state index in [-0.39, 0.29) is 0 Å². The first-order chi connectivity index (χ1) is 5.18. The van der Waals surface area contributed by atoms with Gasteiger partial charge >= 0.3 is 0 Å². The first-order valence-corrected chi connectivity index (χ1v) is 5.55. The van der Waals surface area contributed by atoms with Crippen LogP contribution in [0.15, 0.2) is 0 Å². The predicted octanol–water partition coefficient (Wildman–Crippen LogP) is 3.71. The molecule has 0 saturated carbocycles. The zero-order valence-corrected chi connectivity index (χ0v) is 9.47. The van der Waals surface area contributed by atoms with Gasteiger partial charge in [-0.15, -0.1) is 0 Å². The maximum Gasteiger partial charge on any atom is 0.129 e. The third-order valence-corrected chi connectivity index (χ3v) is 3.79. The van der Waals surface area contributed by atoms with E-state index in [4.69, 9.17) is 0 Å². The summed E-state index contributed by atoms with van der Waals surface area (Å²) in [4.78, 5) is 0. The highest BCUT2D eigenvalue weighted by Gasteiger charge is 2.16. The summed E-state index contributed by atoms with van der Waals surface area (Å²) in [5, 5.41) is 0. The topological polar surface area (TPSA) is 0 Å². The van der Waals surface area contributed by atoms with Gasteiger partial charge in [0.05, 0.1) is 0 Å². The Kier molecular flexibility index (Phi) is 6.39. The molecule has 0 spiro atoms. The molecule has 11 heavy (non-hydrogen) atoms. The van der Waals surface area contributed by atoms with E-state index < -0.39 is 0 Å². The molecule has 0 unspecified atom stereocenters. The number of rotatable bonds is 6. The Bertz CT molecular complexity index is 84.9. The van der Waals surface area contributed by atoms with Crippen LogP contribution in [-0.2, 0) is 0 Å². The summed E-state index contributed by atoms with van der Waals surface area (Å²) in [6, 6.07) is 0. The first kappa shape index (κ1) is 11.5. The van der Waals surface area contributed by atoms with Crippen LogP contribution in [0, 0.1) is 0 Å². The molecule has 0 aliphatic rings. The van der Waals surface area contributed by atoms with E-state index >= 15 is 0 Å². The smallest absolute Gasteiger partial charge is 0.0972 e. The number of unbranched alkanes of at least 4 members (excludes halogenated alkanes) is 2. The van der Waals surface area contributed by atoms with Crippen LogP contribution in [0.25, 0.3) is 0 Å². The van der Waals surface area contributed by atoms with Crippen molar-refractivity contribution in [3.8, 4) is 0 Å². The lowest BCUT2D eigenvalue weighted by Crippen LogP contribution is -2.09. The van der Waals surface area contributed by atoms with E-state index in [9.17, 15) is 0 Å². The Hall–Kier alpha value is 0.532. The summed E-state index contributed by atoms with van der Waals surface area (Å²) >= 11 is 3.04. The van der Waals surface area contributed by atoms with E-state index in [2.05, 4.69) is 37.1 Å². The first-order valence-electron chi connectivity index (χ1n) is 4.97. The molecule has 0 aliphatic carbocycles. The molecule has 64 valence electrons. The van der Waals surface area contributed by atoms with Crippen LogP contribution in [0.1, 0.15) is 59.3 Å². The molecule has 0 aromatic rings. The van der Waals surface area contributed by atoms with Crippen molar-refractivity contribution in [3.05, 3.63) is 0 Å². The fraction of sp³-hybridized carbons (Fsp3) is 1.00. The Balaban J connectivity index is 3.51. The second-order valence-corrected chi connectivity index (χ2v) is 4.75. The number of hydrogen-bond acceptors (Lipinski definition) is 0. The monoisotopic (exact) mass is 168 g/mol. The van der Waals surface area contributed by atoms with E-state index in [1.54, 1.807) is 0 Å². The van der Waals surface area contributed by atoms with Gasteiger partial charge in [0.1, 0.15) is 16.3 Å². The third kappa shape index (κ3) is 4.88. The SMILES string of the molecule is CCCCC[C]([Al])(CC)CC. The van der Waals surface area contributed by atoms with Gasteiger partial charge in [-0.25, -0.2) is 0 Å². The van der Waals surface area contributed by atoms with E-state index in [0.717, 1.165) is 0 Å². The fourth-order valence-electron chi connectivity index (χ4n) is 1.33. The summed E-state index contributed by atoms with van der Waals surface area (Å²) in [6.07, 6.45) is 8.14. The summed E-state index contributed by atoms with van der Waals surface area (Å²) < 4.78 is 0.551. The maximum absolute atomic E-state index is 3.04. The summed E-state index contributed by atoms with van der Waals surface area (Å²) in [7, 11) is 0. The van der Waals surface area contributed by atoms with Crippen molar-refractivity contribution in [1.29, 1.82) is 0 Å². The van der Waals surface area contributed by atoms with Gasteiger partial charge in [-0.2, -0.15) is 0 Å². The Morgan fingerprint density at radius 3 is 1.91 bits per heavy atom. The quantitative estimate of drug-likeness (QED) is 0.419. The molecule has 0 heterocycles. The van der Waals surface area contributed by atoms with Gasteiger partial charge < -0.3 is 0 Å². The number of hydrogen-bond donors (Lipinski definition) is 0. The molecule has 1 heteroatoms. The van der Waals surface area contributed by atoms with Crippen LogP contribution in [0.4, 0.5) is 0 Å². The molecular formula is C10H21Al. The molecule has 0 nitrogen and oxygen atoms in total. The van der Waals surface area contributed by atoms with Crippen molar-refractivity contribution in [1.82, 2.24) is 0 Å². The van der Waals surface area contributed by atoms with Crippen molar-refractivity contribution < 1.29 is 0 Å². The van der Waals surface area contributed by atoms with Crippen LogP contribution in [0.5, 0.6) is 0 Å².